The van der Waals surface area contributed by atoms with Gasteiger partial charge in [-0.05, 0) is 60.9 Å². The molecule has 1 heterocycles. The number of hydrogen-bond donors (Lipinski definition) is 3. The summed E-state index contributed by atoms with van der Waals surface area (Å²) in [4.78, 5) is 16.2. The van der Waals surface area contributed by atoms with E-state index in [0.717, 1.165) is 29.1 Å². The fourth-order valence-corrected chi connectivity index (χ4v) is 4.09. The number of hydrogen-bond acceptors (Lipinski definition) is 2. The maximum Gasteiger partial charge on any atom is 0.282 e. The topological polar surface area (TPSA) is 70.7 Å². The predicted molar refractivity (Wildman–Crippen MR) is 129 cm³/mol. The number of rotatable bonds is 8. The van der Waals surface area contributed by atoms with Crippen molar-refractivity contribution < 1.29 is 14.8 Å². The number of carbonyl (C=O) groups excluding carboxylic acids is 1. The van der Waals surface area contributed by atoms with Gasteiger partial charge >= 0.3 is 0 Å². The molecular formula is C27H30N3O2+. The quantitative estimate of drug-likeness (QED) is 0.393. The molecule has 0 aliphatic carbocycles. The van der Waals surface area contributed by atoms with Gasteiger partial charge in [0.25, 0.3) is 5.91 Å². The van der Waals surface area contributed by atoms with E-state index >= 15 is 0 Å². The molecule has 0 saturated carbocycles. The SMILES string of the molecule is COc1ccc([C@H](C[NH2+][C@@H](C)C(=O)Nc2cccc(C)c2)c2c[nH]c3ccccc23)cc1. The average molecular weight is 429 g/mol. The number of anilines is 1. The lowest BCUT2D eigenvalue weighted by molar-refractivity contribution is -0.674. The van der Waals surface area contributed by atoms with Crippen LogP contribution in [0.25, 0.3) is 10.9 Å². The van der Waals surface area contributed by atoms with E-state index in [0.29, 0.717) is 0 Å². The summed E-state index contributed by atoms with van der Waals surface area (Å²) in [5.74, 6) is 0.968. The van der Waals surface area contributed by atoms with E-state index in [1.165, 1.54) is 16.5 Å². The normalized spacial score (nSPS) is 13.0. The molecule has 3 aromatic carbocycles. The third-order valence-electron chi connectivity index (χ3n) is 5.94. The molecule has 1 amide bonds. The van der Waals surface area contributed by atoms with Crippen molar-refractivity contribution in [3.63, 3.8) is 0 Å². The van der Waals surface area contributed by atoms with Crippen molar-refractivity contribution in [3.05, 3.63) is 95.7 Å². The fourth-order valence-electron chi connectivity index (χ4n) is 4.09. The number of nitrogens with two attached hydrogens (primary N) is 1. The van der Waals surface area contributed by atoms with Crippen LogP contribution >= 0.6 is 0 Å². The van der Waals surface area contributed by atoms with Gasteiger partial charge in [0.15, 0.2) is 6.04 Å². The molecule has 4 aromatic rings. The number of para-hydroxylation sites is 1. The first kappa shape index (κ1) is 21.7. The first-order valence-corrected chi connectivity index (χ1v) is 11.0. The maximum atomic E-state index is 12.8. The van der Waals surface area contributed by atoms with Crippen LogP contribution in [0.3, 0.4) is 0 Å². The van der Waals surface area contributed by atoms with Crippen LogP contribution in [-0.4, -0.2) is 30.6 Å². The molecule has 2 atom stereocenters. The number of aromatic amines is 1. The molecule has 0 aliphatic rings. The standard InChI is InChI=1S/C27H29N3O2/c1-18-7-6-8-21(15-18)30-27(31)19(2)28-16-24(20-11-13-22(32-3)14-12-20)25-17-29-26-10-5-4-9-23(25)26/h4-15,17,19,24,28-29H,16H2,1-3H3,(H,30,31)/p+1/t19-,24-/m0/s1. The molecule has 32 heavy (non-hydrogen) atoms. The summed E-state index contributed by atoms with van der Waals surface area (Å²) in [6, 6.07) is 24.2. The number of benzene rings is 3. The van der Waals surface area contributed by atoms with E-state index in [-0.39, 0.29) is 17.9 Å². The Bertz CT molecular complexity index is 1200. The molecule has 0 radical (unpaired) electrons. The van der Waals surface area contributed by atoms with Crippen molar-refractivity contribution in [2.75, 3.05) is 19.0 Å². The molecule has 5 nitrogen and oxygen atoms in total. The molecule has 0 spiro atoms. The number of aryl methyl sites for hydroxylation is 1. The van der Waals surface area contributed by atoms with E-state index in [4.69, 9.17) is 4.74 Å². The van der Waals surface area contributed by atoms with Gasteiger partial charge in [0.1, 0.15) is 5.75 Å². The van der Waals surface area contributed by atoms with Crippen LogP contribution in [0, 0.1) is 6.92 Å². The molecule has 5 heteroatoms. The minimum Gasteiger partial charge on any atom is -0.497 e. The van der Waals surface area contributed by atoms with E-state index in [1.807, 2.05) is 56.3 Å². The van der Waals surface area contributed by atoms with Crippen molar-refractivity contribution in [2.45, 2.75) is 25.8 Å². The number of amides is 1. The molecular weight excluding hydrogens is 398 g/mol. The van der Waals surface area contributed by atoms with E-state index in [1.54, 1.807) is 7.11 Å². The number of carbonyl (C=O) groups is 1. The first-order valence-electron chi connectivity index (χ1n) is 11.0. The Labute approximate surface area is 188 Å². The summed E-state index contributed by atoms with van der Waals surface area (Å²) in [6.45, 7) is 4.72. The highest BCUT2D eigenvalue weighted by Crippen LogP contribution is 2.30. The van der Waals surface area contributed by atoms with Crippen LogP contribution in [0.4, 0.5) is 5.69 Å². The van der Waals surface area contributed by atoms with Crippen LogP contribution in [0.2, 0.25) is 0 Å². The molecule has 0 saturated heterocycles. The van der Waals surface area contributed by atoms with Gasteiger partial charge < -0.3 is 20.4 Å². The second-order valence-corrected chi connectivity index (χ2v) is 8.23. The average Bonchev–Trinajstić information content (AvgIpc) is 3.23. The Kier molecular flexibility index (Phi) is 6.57. The van der Waals surface area contributed by atoms with Crippen molar-refractivity contribution in [3.8, 4) is 5.75 Å². The van der Waals surface area contributed by atoms with Crippen LogP contribution < -0.4 is 15.4 Å². The van der Waals surface area contributed by atoms with Gasteiger partial charge in [0, 0.05) is 22.8 Å². The van der Waals surface area contributed by atoms with Crippen LogP contribution in [0.1, 0.15) is 29.5 Å². The lowest BCUT2D eigenvalue weighted by atomic mass is 9.90. The highest BCUT2D eigenvalue weighted by Gasteiger charge is 2.23. The molecule has 0 unspecified atom stereocenters. The van der Waals surface area contributed by atoms with Crippen LogP contribution in [0.15, 0.2) is 79.0 Å². The van der Waals surface area contributed by atoms with Crippen molar-refractivity contribution in [1.29, 1.82) is 0 Å². The molecule has 0 fully saturated rings. The zero-order valence-corrected chi connectivity index (χ0v) is 18.8. The number of aromatic nitrogens is 1. The van der Waals surface area contributed by atoms with Crippen LogP contribution in [-0.2, 0) is 4.79 Å². The van der Waals surface area contributed by atoms with Gasteiger partial charge in [-0.15, -0.1) is 0 Å². The zero-order chi connectivity index (χ0) is 22.5. The monoisotopic (exact) mass is 428 g/mol. The van der Waals surface area contributed by atoms with Crippen molar-refractivity contribution >= 4 is 22.5 Å². The number of fused-ring (bicyclic) bond motifs is 1. The first-order chi connectivity index (χ1) is 15.5. The Morgan fingerprint density at radius 2 is 1.84 bits per heavy atom. The lowest BCUT2D eigenvalue weighted by Crippen LogP contribution is -2.92. The van der Waals surface area contributed by atoms with E-state index in [9.17, 15) is 4.79 Å². The van der Waals surface area contributed by atoms with Gasteiger partial charge in [-0.1, -0.05) is 42.5 Å². The molecule has 4 N–H and O–H groups in total. The number of H-pyrrole nitrogens is 1. The molecule has 4 rings (SSSR count). The van der Waals surface area contributed by atoms with Gasteiger partial charge in [-0.3, -0.25) is 4.79 Å². The number of nitrogens with one attached hydrogen (secondary N) is 2. The van der Waals surface area contributed by atoms with E-state index in [2.05, 4.69) is 52.1 Å². The van der Waals surface area contributed by atoms with E-state index < -0.39 is 0 Å². The van der Waals surface area contributed by atoms with Gasteiger partial charge in [-0.25, -0.2) is 0 Å². The van der Waals surface area contributed by atoms with Gasteiger partial charge in [0.05, 0.1) is 19.6 Å². The summed E-state index contributed by atoms with van der Waals surface area (Å²) in [5.41, 5.74) is 5.49. The van der Waals surface area contributed by atoms with Gasteiger partial charge in [0.2, 0.25) is 0 Å². The van der Waals surface area contributed by atoms with Crippen molar-refractivity contribution in [1.82, 2.24) is 4.98 Å². The Morgan fingerprint density at radius 3 is 2.59 bits per heavy atom. The van der Waals surface area contributed by atoms with Crippen molar-refractivity contribution in [2.24, 2.45) is 0 Å². The number of quaternary nitrogens is 1. The highest BCUT2D eigenvalue weighted by molar-refractivity contribution is 5.93. The second kappa shape index (κ2) is 9.71. The zero-order valence-electron chi connectivity index (χ0n) is 18.8. The largest absolute Gasteiger partial charge is 0.497 e. The highest BCUT2D eigenvalue weighted by atomic mass is 16.5. The summed E-state index contributed by atoms with van der Waals surface area (Å²) >= 11 is 0. The summed E-state index contributed by atoms with van der Waals surface area (Å²) < 4.78 is 5.34. The Hall–Kier alpha value is -3.57. The number of ether oxygens (including phenoxy) is 1. The molecule has 0 bridgehead atoms. The van der Waals surface area contributed by atoms with Crippen LogP contribution in [0.5, 0.6) is 5.75 Å². The maximum absolute atomic E-state index is 12.8. The van der Waals surface area contributed by atoms with Gasteiger partial charge in [-0.2, -0.15) is 0 Å². The minimum atomic E-state index is -0.221. The Morgan fingerprint density at radius 1 is 1.06 bits per heavy atom. The number of methoxy groups -OCH3 is 1. The smallest absolute Gasteiger partial charge is 0.282 e. The second-order valence-electron chi connectivity index (χ2n) is 8.23. The molecule has 164 valence electrons. The molecule has 0 aliphatic heterocycles. The predicted octanol–water partition coefficient (Wildman–Crippen LogP) is 4.21. The fraction of sp³-hybridized carbons (Fsp3) is 0.222. The summed E-state index contributed by atoms with van der Waals surface area (Å²) in [5, 5.41) is 6.35. The minimum absolute atomic E-state index is 0.00278. The summed E-state index contributed by atoms with van der Waals surface area (Å²) in [7, 11) is 1.68. The Balaban J connectivity index is 1.54. The summed E-state index contributed by atoms with van der Waals surface area (Å²) in [6.07, 6.45) is 2.09. The lowest BCUT2D eigenvalue weighted by Gasteiger charge is -2.19. The third-order valence-corrected chi connectivity index (χ3v) is 5.94. The third kappa shape index (κ3) is 4.84. The molecule has 1 aromatic heterocycles.